The molecule has 24 heavy (non-hydrogen) atoms. The lowest BCUT2D eigenvalue weighted by molar-refractivity contribution is 0.0998. The number of aromatic nitrogens is 2. The van der Waals surface area contributed by atoms with E-state index < -0.39 is 0 Å². The standard InChI is InChI=1S/C18H21N3O2S/c1-4-6-7-15-20-21-18(24-15)19-17(22)16-11(3)13-10-12(5-2)8-9-14(13)23-16/h8-10H,4-7H2,1-3H3,(H,19,21,22). The van der Waals surface area contributed by atoms with Gasteiger partial charge in [0.25, 0.3) is 5.91 Å². The first-order valence-electron chi connectivity index (χ1n) is 8.28. The van der Waals surface area contributed by atoms with Gasteiger partial charge in [0.05, 0.1) is 0 Å². The highest BCUT2D eigenvalue weighted by Gasteiger charge is 2.19. The molecule has 1 aromatic carbocycles. The summed E-state index contributed by atoms with van der Waals surface area (Å²) in [4.78, 5) is 12.5. The monoisotopic (exact) mass is 343 g/mol. The largest absolute Gasteiger partial charge is 0.451 e. The average molecular weight is 343 g/mol. The first kappa shape index (κ1) is 16.6. The van der Waals surface area contributed by atoms with Crippen LogP contribution in [-0.4, -0.2) is 16.1 Å². The van der Waals surface area contributed by atoms with Crippen molar-refractivity contribution >= 4 is 33.3 Å². The van der Waals surface area contributed by atoms with E-state index in [0.717, 1.165) is 47.2 Å². The third-order valence-corrected chi connectivity index (χ3v) is 4.95. The summed E-state index contributed by atoms with van der Waals surface area (Å²) >= 11 is 1.42. The summed E-state index contributed by atoms with van der Waals surface area (Å²) in [7, 11) is 0. The lowest BCUT2D eigenvalue weighted by atomic mass is 10.1. The Morgan fingerprint density at radius 3 is 2.88 bits per heavy atom. The Hall–Kier alpha value is -2.21. The molecule has 0 aliphatic rings. The molecule has 3 rings (SSSR count). The molecule has 5 nitrogen and oxygen atoms in total. The van der Waals surface area contributed by atoms with Gasteiger partial charge >= 0.3 is 0 Å². The van der Waals surface area contributed by atoms with E-state index in [2.05, 4.69) is 35.4 Å². The molecule has 6 heteroatoms. The highest BCUT2D eigenvalue weighted by atomic mass is 32.1. The summed E-state index contributed by atoms with van der Waals surface area (Å²) in [6.45, 7) is 6.15. The third kappa shape index (κ3) is 3.33. The Morgan fingerprint density at radius 2 is 2.12 bits per heavy atom. The van der Waals surface area contributed by atoms with Gasteiger partial charge in [-0.05, 0) is 37.5 Å². The van der Waals surface area contributed by atoms with Crippen LogP contribution in [0.15, 0.2) is 22.6 Å². The van der Waals surface area contributed by atoms with Crippen LogP contribution in [0.25, 0.3) is 11.0 Å². The van der Waals surface area contributed by atoms with Crippen molar-refractivity contribution in [2.45, 2.75) is 46.5 Å². The maximum absolute atomic E-state index is 12.5. The maximum Gasteiger partial charge on any atom is 0.293 e. The number of furan rings is 1. The molecule has 0 radical (unpaired) electrons. The molecule has 1 amide bonds. The molecule has 0 unspecified atom stereocenters. The maximum atomic E-state index is 12.5. The minimum atomic E-state index is -0.278. The molecule has 0 atom stereocenters. The van der Waals surface area contributed by atoms with Gasteiger partial charge in [-0.3, -0.25) is 10.1 Å². The molecular formula is C18H21N3O2S. The van der Waals surface area contributed by atoms with Crippen LogP contribution in [0.3, 0.4) is 0 Å². The van der Waals surface area contributed by atoms with Crippen molar-refractivity contribution in [1.82, 2.24) is 10.2 Å². The van der Waals surface area contributed by atoms with Crippen molar-refractivity contribution in [3.8, 4) is 0 Å². The predicted octanol–water partition coefficient (Wildman–Crippen LogP) is 4.75. The molecule has 3 aromatic rings. The van der Waals surface area contributed by atoms with Crippen molar-refractivity contribution in [2.75, 3.05) is 5.32 Å². The van der Waals surface area contributed by atoms with Crippen LogP contribution in [0.4, 0.5) is 5.13 Å². The minimum Gasteiger partial charge on any atom is -0.451 e. The van der Waals surface area contributed by atoms with E-state index >= 15 is 0 Å². The van der Waals surface area contributed by atoms with Gasteiger partial charge in [-0.25, -0.2) is 0 Å². The lowest BCUT2D eigenvalue weighted by Gasteiger charge is -1.98. The zero-order chi connectivity index (χ0) is 17.1. The van der Waals surface area contributed by atoms with Crippen LogP contribution < -0.4 is 5.32 Å². The highest BCUT2D eigenvalue weighted by molar-refractivity contribution is 7.15. The fourth-order valence-corrected chi connectivity index (χ4v) is 3.37. The van der Waals surface area contributed by atoms with Gasteiger partial charge in [-0.1, -0.05) is 37.7 Å². The highest BCUT2D eigenvalue weighted by Crippen LogP contribution is 2.27. The third-order valence-electron chi connectivity index (χ3n) is 4.05. The number of benzene rings is 1. The summed E-state index contributed by atoms with van der Waals surface area (Å²) < 4.78 is 5.75. The Morgan fingerprint density at radius 1 is 1.29 bits per heavy atom. The zero-order valence-electron chi connectivity index (χ0n) is 14.2. The second-order valence-electron chi connectivity index (χ2n) is 5.80. The Balaban J connectivity index is 1.81. The average Bonchev–Trinajstić information content (AvgIpc) is 3.17. The molecule has 0 spiro atoms. The Labute approximate surface area is 145 Å². The number of aryl methyl sites for hydroxylation is 3. The molecule has 2 aromatic heterocycles. The minimum absolute atomic E-state index is 0.278. The van der Waals surface area contributed by atoms with E-state index in [0.29, 0.717) is 10.9 Å². The fourth-order valence-electron chi connectivity index (χ4n) is 2.59. The first-order valence-corrected chi connectivity index (χ1v) is 9.09. The number of anilines is 1. The summed E-state index contributed by atoms with van der Waals surface area (Å²) in [5.74, 6) is 0.0588. The number of unbranched alkanes of at least 4 members (excludes halogenated alkanes) is 1. The fraction of sp³-hybridized carbons (Fsp3) is 0.389. The van der Waals surface area contributed by atoms with Crippen molar-refractivity contribution in [1.29, 1.82) is 0 Å². The molecule has 1 N–H and O–H groups in total. The van der Waals surface area contributed by atoms with Gasteiger partial charge in [-0.2, -0.15) is 0 Å². The van der Waals surface area contributed by atoms with E-state index in [4.69, 9.17) is 4.42 Å². The number of rotatable bonds is 6. The van der Waals surface area contributed by atoms with Crippen molar-refractivity contribution in [2.24, 2.45) is 0 Å². The van der Waals surface area contributed by atoms with Gasteiger partial charge in [0.1, 0.15) is 10.6 Å². The predicted molar refractivity (Wildman–Crippen MR) is 96.8 cm³/mol. The van der Waals surface area contributed by atoms with Gasteiger partial charge in [0.2, 0.25) is 5.13 Å². The molecule has 0 fully saturated rings. The van der Waals surface area contributed by atoms with E-state index in [1.807, 2.05) is 19.1 Å². The number of carbonyl (C=O) groups is 1. The molecule has 0 saturated carbocycles. The number of hydrogen-bond acceptors (Lipinski definition) is 5. The lowest BCUT2D eigenvalue weighted by Crippen LogP contribution is -2.11. The van der Waals surface area contributed by atoms with Crippen LogP contribution >= 0.6 is 11.3 Å². The van der Waals surface area contributed by atoms with Crippen molar-refractivity contribution in [3.63, 3.8) is 0 Å². The van der Waals surface area contributed by atoms with E-state index in [9.17, 15) is 4.79 Å². The topological polar surface area (TPSA) is 68.0 Å². The normalized spacial score (nSPS) is 11.1. The molecule has 0 aliphatic carbocycles. The molecule has 0 bridgehead atoms. The molecule has 0 aliphatic heterocycles. The van der Waals surface area contributed by atoms with Crippen LogP contribution in [0.2, 0.25) is 0 Å². The number of fused-ring (bicyclic) bond motifs is 1. The molecular weight excluding hydrogens is 322 g/mol. The molecule has 2 heterocycles. The van der Waals surface area contributed by atoms with Crippen LogP contribution in [-0.2, 0) is 12.8 Å². The summed E-state index contributed by atoms with van der Waals surface area (Å²) in [6.07, 6.45) is 4.03. The van der Waals surface area contributed by atoms with E-state index in [1.54, 1.807) is 0 Å². The number of hydrogen-bond donors (Lipinski definition) is 1. The van der Waals surface area contributed by atoms with E-state index in [-0.39, 0.29) is 5.91 Å². The van der Waals surface area contributed by atoms with Crippen molar-refractivity contribution in [3.05, 3.63) is 40.1 Å². The Bertz CT molecular complexity index is 866. The summed E-state index contributed by atoms with van der Waals surface area (Å²) in [6, 6.07) is 6.03. The van der Waals surface area contributed by atoms with Gasteiger partial charge in [0, 0.05) is 17.4 Å². The number of nitrogens with zero attached hydrogens (tertiary/aromatic N) is 2. The van der Waals surface area contributed by atoms with Gasteiger partial charge < -0.3 is 4.42 Å². The van der Waals surface area contributed by atoms with Gasteiger partial charge in [0.15, 0.2) is 5.76 Å². The second-order valence-corrected chi connectivity index (χ2v) is 6.86. The summed E-state index contributed by atoms with van der Waals surface area (Å²) in [5.41, 5.74) is 2.81. The number of amides is 1. The van der Waals surface area contributed by atoms with Crippen LogP contribution in [0.5, 0.6) is 0 Å². The van der Waals surface area contributed by atoms with Crippen molar-refractivity contribution < 1.29 is 9.21 Å². The SMILES string of the molecule is CCCCc1nnc(NC(=O)c2oc3ccc(CC)cc3c2C)s1. The zero-order valence-corrected chi connectivity index (χ0v) is 15.0. The Kier molecular flexibility index (Phi) is 4.94. The molecule has 0 saturated heterocycles. The molecule has 126 valence electrons. The van der Waals surface area contributed by atoms with E-state index in [1.165, 1.54) is 16.9 Å². The first-order chi connectivity index (χ1) is 11.6. The number of nitrogens with one attached hydrogen (secondary N) is 1. The smallest absolute Gasteiger partial charge is 0.293 e. The van der Waals surface area contributed by atoms with Gasteiger partial charge in [-0.15, -0.1) is 10.2 Å². The summed E-state index contributed by atoms with van der Waals surface area (Å²) in [5, 5.41) is 13.4. The second kappa shape index (κ2) is 7.13. The van der Waals surface area contributed by atoms with Crippen LogP contribution in [0, 0.1) is 6.92 Å². The van der Waals surface area contributed by atoms with Crippen LogP contribution in [0.1, 0.15) is 53.4 Å². The quantitative estimate of drug-likeness (QED) is 0.701. The number of carbonyl (C=O) groups excluding carboxylic acids is 1.